The van der Waals surface area contributed by atoms with Crippen LogP contribution in [0.3, 0.4) is 0 Å². The molecule has 1 heterocycles. The summed E-state index contributed by atoms with van der Waals surface area (Å²) < 4.78 is 18.8. The average molecular weight is 266 g/mol. The van der Waals surface area contributed by atoms with Crippen molar-refractivity contribution in [3.8, 4) is 5.75 Å². The number of ether oxygens (including phenoxy) is 1. The molecule has 1 aliphatic heterocycles. The monoisotopic (exact) mass is 266 g/mol. The Kier molecular flexibility index (Phi) is 3.83. The molecule has 0 bridgehead atoms. The predicted octanol–water partition coefficient (Wildman–Crippen LogP) is 2.71. The maximum atomic E-state index is 13.9. The highest BCUT2D eigenvalue weighted by Gasteiger charge is 2.38. The van der Waals surface area contributed by atoms with E-state index in [-0.39, 0.29) is 29.2 Å². The van der Waals surface area contributed by atoms with Crippen molar-refractivity contribution in [2.75, 3.05) is 13.7 Å². The molecule has 1 aromatic carbocycles. The van der Waals surface area contributed by atoms with Gasteiger partial charge in [-0.3, -0.25) is 4.90 Å². The van der Waals surface area contributed by atoms with Crippen LogP contribution < -0.4 is 10.5 Å². The summed E-state index contributed by atoms with van der Waals surface area (Å²) in [6, 6.07) is 5.26. The lowest BCUT2D eigenvalue weighted by Crippen LogP contribution is -2.43. The van der Waals surface area contributed by atoms with Gasteiger partial charge in [0.25, 0.3) is 0 Å². The fourth-order valence-electron chi connectivity index (χ4n) is 2.86. The van der Waals surface area contributed by atoms with Crippen molar-refractivity contribution in [3.05, 3.63) is 29.6 Å². The van der Waals surface area contributed by atoms with Crippen molar-refractivity contribution < 1.29 is 9.13 Å². The number of rotatable bonds is 2. The van der Waals surface area contributed by atoms with Gasteiger partial charge in [0.2, 0.25) is 0 Å². The predicted molar refractivity (Wildman–Crippen MR) is 74.7 cm³/mol. The van der Waals surface area contributed by atoms with Gasteiger partial charge in [-0.15, -0.1) is 0 Å². The molecular formula is C15H23FN2O. The Bertz CT molecular complexity index is 456. The topological polar surface area (TPSA) is 38.5 Å². The summed E-state index contributed by atoms with van der Waals surface area (Å²) in [4.78, 5) is 2.35. The molecule has 2 N–H and O–H groups in total. The van der Waals surface area contributed by atoms with Crippen molar-refractivity contribution >= 4 is 0 Å². The van der Waals surface area contributed by atoms with E-state index in [1.807, 2.05) is 6.07 Å². The minimum Gasteiger partial charge on any atom is -0.494 e. The Morgan fingerprint density at radius 2 is 2.05 bits per heavy atom. The van der Waals surface area contributed by atoms with Gasteiger partial charge in [-0.2, -0.15) is 0 Å². The molecule has 0 amide bonds. The highest BCUT2D eigenvalue weighted by molar-refractivity contribution is 5.32. The molecule has 0 aliphatic carbocycles. The molecular weight excluding hydrogens is 243 g/mol. The lowest BCUT2D eigenvalue weighted by Gasteiger charge is -2.38. The van der Waals surface area contributed by atoms with E-state index in [2.05, 4.69) is 25.7 Å². The fraction of sp³-hybridized carbons (Fsp3) is 0.600. The Morgan fingerprint density at radius 3 is 2.58 bits per heavy atom. The zero-order valence-electron chi connectivity index (χ0n) is 12.1. The van der Waals surface area contributed by atoms with E-state index in [4.69, 9.17) is 10.5 Å². The summed E-state index contributed by atoms with van der Waals surface area (Å²) in [7, 11) is 1.47. The van der Waals surface area contributed by atoms with Gasteiger partial charge in [-0.25, -0.2) is 4.39 Å². The maximum absolute atomic E-state index is 13.9. The summed E-state index contributed by atoms with van der Waals surface area (Å²) in [6.07, 6.45) is 0.940. The SMILES string of the molecule is COc1ccc(C2C(N)CCN2C(C)(C)C)cc1F. The summed E-state index contributed by atoms with van der Waals surface area (Å²) in [6.45, 7) is 7.44. The Hall–Kier alpha value is -1.13. The van der Waals surface area contributed by atoms with Crippen LogP contribution in [0.4, 0.5) is 4.39 Å². The van der Waals surface area contributed by atoms with Crippen LogP contribution in [0.15, 0.2) is 18.2 Å². The van der Waals surface area contributed by atoms with Gasteiger partial charge >= 0.3 is 0 Å². The van der Waals surface area contributed by atoms with Gasteiger partial charge in [0, 0.05) is 18.1 Å². The zero-order valence-corrected chi connectivity index (χ0v) is 12.1. The van der Waals surface area contributed by atoms with Gasteiger partial charge in [-0.1, -0.05) is 6.07 Å². The number of halogens is 1. The smallest absolute Gasteiger partial charge is 0.165 e. The van der Waals surface area contributed by atoms with Gasteiger partial charge in [-0.05, 0) is 44.9 Å². The average Bonchev–Trinajstić information content (AvgIpc) is 2.70. The standard InChI is InChI=1S/C15H23FN2O/c1-15(2,3)18-8-7-12(17)14(18)10-5-6-13(19-4)11(16)9-10/h5-6,9,12,14H,7-8,17H2,1-4H3. The molecule has 19 heavy (non-hydrogen) atoms. The molecule has 2 rings (SSSR count). The first-order valence-corrected chi connectivity index (χ1v) is 6.70. The second kappa shape index (κ2) is 5.10. The number of methoxy groups -OCH3 is 1. The van der Waals surface area contributed by atoms with Crippen molar-refractivity contribution in [3.63, 3.8) is 0 Å². The summed E-state index contributed by atoms with van der Waals surface area (Å²) in [5.74, 6) is -0.0504. The van der Waals surface area contributed by atoms with Crippen LogP contribution in [0.1, 0.15) is 38.8 Å². The Morgan fingerprint density at radius 1 is 1.37 bits per heavy atom. The van der Waals surface area contributed by atoms with Crippen LogP contribution in [0.25, 0.3) is 0 Å². The summed E-state index contributed by atoms with van der Waals surface area (Å²) in [5, 5.41) is 0. The van der Waals surface area contributed by atoms with Crippen LogP contribution in [-0.4, -0.2) is 30.1 Å². The van der Waals surface area contributed by atoms with Crippen LogP contribution in [0, 0.1) is 5.82 Å². The largest absolute Gasteiger partial charge is 0.494 e. The first-order chi connectivity index (χ1) is 8.84. The van der Waals surface area contributed by atoms with Gasteiger partial charge in [0.05, 0.1) is 13.2 Å². The highest BCUT2D eigenvalue weighted by Crippen LogP contribution is 2.37. The lowest BCUT2D eigenvalue weighted by atomic mass is 9.96. The van der Waals surface area contributed by atoms with Crippen LogP contribution >= 0.6 is 0 Å². The number of nitrogens with two attached hydrogens (primary N) is 1. The van der Waals surface area contributed by atoms with Crippen LogP contribution in [0.2, 0.25) is 0 Å². The first kappa shape index (κ1) is 14.3. The van der Waals surface area contributed by atoms with Crippen molar-refractivity contribution in [1.29, 1.82) is 0 Å². The first-order valence-electron chi connectivity index (χ1n) is 6.70. The summed E-state index contributed by atoms with van der Waals surface area (Å²) >= 11 is 0. The molecule has 0 spiro atoms. The molecule has 106 valence electrons. The van der Waals surface area contributed by atoms with Gasteiger partial charge in [0.1, 0.15) is 0 Å². The molecule has 1 aliphatic rings. The van der Waals surface area contributed by atoms with E-state index in [1.165, 1.54) is 7.11 Å². The molecule has 0 aromatic heterocycles. The molecule has 3 nitrogen and oxygen atoms in total. The second-order valence-corrected chi connectivity index (χ2v) is 6.16. The third kappa shape index (κ3) is 2.74. The van der Waals surface area contributed by atoms with Crippen molar-refractivity contribution in [1.82, 2.24) is 4.90 Å². The fourth-order valence-corrected chi connectivity index (χ4v) is 2.86. The van der Waals surface area contributed by atoms with Gasteiger partial charge < -0.3 is 10.5 Å². The minimum atomic E-state index is -0.326. The molecule has 2 unspecified atom stereocenters. The highest BCUT2D eigenvalue weighted by atomic mass is 19.1. The third-order valence-electron chi connectivity index (χ3n) is 3.82. The third-order valence-corrected chi connectivity index (χ3v) is 3.82. The van der Waals surface area contributed by atoms with Crippen LogP contribution in [0.5, 0.6) is 5.75 Å². The quantitative estimate of drug-likeness (QED) is 0.894. The molecule has 0 saturated carbocycles. The van der Waals surface area contributed by atoms with Crippen molar-refractivity contribution in [2.24, 2.45) is 5.73 Å². The number of hydrogen-bond acceptors (Lipinski definition) is 3. The molecule has 0 radical (unpaired) electrons. The molecule has 1 fully saturated rings. The number of benzene rings is 1. The van der Waals surface area contributed by atoms with E-state index < -0.39 is 0 Å². The zero-order chi connectivity index (χ0) is 14.2. The molecule has 2 atom stereocenters. The number of likely N-dealkylation sites (tertiary alicyclic amines) is 1. The molecule has 1 saturated heterocycles. The second-order valence-electron chi connectivity index (χ2n) is 6.16. The normalized spacial score (nSPS) is 24.7. The van der Waals surface area contributed by atoms with E-state index in [0.717, 1.165) is 18.5 Å². The Balaban J connectivity index is 2.35. The van der Waals surface area contributed by atoms with Crippen molar-refractivity contribution in [2.45, 2.75) is 44.8 Å². The Labute approximate surface area is 114 Å². The molecule has 1 aromatic rings. The lowest BCUT2D eigenvalue weighted by molar-refractivity contribution is 0.117. The van der Waals surface area contributed by atoms with E-state index in [9.17, 15) is 4.39 Å². The van der Waals surface area contributed by atoms with Crippen LogP contribution in [-0.2, 0) is 0 Å². The van der Waals surface area contributed by atoms with E-state index >= 15 is 0 Å². The summed E-state index contributed by atoms with van der Waals surface area (Å²) in [5.41, 5.74) is 7.18. The minimum absolute atomic E-state index is 0.0230. The van der Waals surface area contributed by atoms with Gasteiger partial charge in [0.15, 0.2) is 11.6 Å². The number of hydrogen-bond donors (Lipinski definition) is 1. The van der Waals surface area contributed by atoms with E-state index in [1.54, 1.807) is 12.1 Å². The number of nitrogens with zero attached hydrogens (tertiary/aromatic N) is 1. The maximum Gasteiger partial charge on any atom is 0.165 e. The molecule has 4 heteroatoms. The van der Waals surface area contributed by atoms with E-state index in [0.29, 0.717) is 0 Å².